The average Bonchev–Trinajstić information content (AvgIpc) is 2.80. The molecule has 0 saturated carbocycles. The Morgan fingerprint density at radius 2 is 1.75 bits per heavy atom. The van der Waals surface area contributed by atoms with E-state index in [0.717, 1.165) is 5.56 Å². The number of pyridine rings is 1. The van der Waals surface area contributed by atoms with Crippen LogP contribution in [0.25, 0.3) is 5.65 Å². The maximum absolute atomic E-state index is 13.1. The molecule has 20 heavy (non-hydrogen) atoms. The Hall–Kier alpha value is -2.50. The molecule has 2 heterocycles. The normalized spacial score (nSPS) is 12.6. The van der Waals surface area contributed by atoms with Crippen molar-refractivity contribution in [3.05, 3.63) is 59.8 Å². The van der Waals surface area contributed by atoms with Gasteiger partial charge in [0.2, 0.25) is 5.95 Å². The Morgan fingerprint density at radius 1 is 1.05 bits per heavy atom. The zero-order chi connectivity index (χ0) is 14.1. The number of halogens is 2. The molecule has 0 aliphatic heterocycles. The van der Waals surface area contributed by atoms with Crippen LogP contribution in [-0.4, -0.2) is 14.6 Å². The molecular formula is C14H12F2N4. The summed E-state index contributed by atoms with van der Waals surface area (Å²) in [6.45, 7) is 1.92. The average molecular weight is 274 g/mol. The van der Waals surface area contributed by atoms with Crippen LogP contribution in [0, 0.1) is 11.6 Å². The Morgan fingerprint density at radius 3 is 2.50 bits per heavy atom. The van der Waals surface area contributed by atoms with Gasteiger partial charge < -0.3 is 5.32 Å². The quantitative estimate of drug-likeness (QED) is 0.797. The first-order valence-electron chi connectivity index (χ1n) is 6.16. The number of anilines is 1. The Balaban J connectivity index is 1.83. The number of benzene rings is 1. The molecule has 6 heteroatoms. The van der Waals surface area contributed by atoms with E-state index in [0.29, 0.717) is 11.6 Å². The number of nitrogens with zero attached hydrogens (tertiary/aromatic N) is 3. The zero-order valence-electron chi connectivity index (χ0n) is 10.7. The van der Waals surface area contributed by atoms with Crippen LogP contribution in [-0.2, 0) is 0 Å². The molecule has 1 atom stereocenters. The first-order chi connectivity index (χ1) is 9.61. The van der Waals surface area contributed by atoms with Gasteiger partial charge in [-0.15, -0.1) is 5.10 Å². The third-order valence-electron chi connectivity index (χ3n) is 3.01. The van der Waals surface area contributed by atoms with Gasteiger partial charge in [0.15, 0.2) is 5.65 Å². The van der Waals surface area contributed by atoms with Crippen LogP contribution >= 0.6 is 0 Å². The summed E-state index contributed by atoms with van der Waals surface area (Å²) in [5.41, 5.74) is 1.47. The van der Waals surface area contributed by atoms with Crippen molar-refractivity contribution in [2.75, 3.05) is 5.32 Å². The molecule has 3 rings (SSSR count). The highest BCUT2D eigenvalue weighted by Gasteiger charge is 2.09. The maximum Gasteiger partial charge on any atom is 0.243 e. The molecular weight excluding hydrogens is 262 g/mol. The number of fused-ring (bicyclic) bond motifs is 1. The van der Waals surface area contributed by atoms with Gasteiger partial charge in [-0.1, -0.05) is 12.1 Å². The van der Waals surface area contributed by atoms with Gasteiger partial charge in [0.25, 0.3) is 0 Å². The van der Waals surface area contributed by atoms with E-state index in [2.05, 4.69) is 15.4 Å². The monoisotopic (exact) mass is 274 g/mol. The number of hydrogen-bond acceptors (Lipinski definition) is 3. The molecule has 0 aliphatic carbocycles. The number of aromatic nitrogens is 3. The van der Waals surface area contributed by atoms with Crippen LogP contribution in [0.15, 0.2) is 42.6 Å². The third-order valence-corrected chi connectivity index (χ3v) is 3.01. The van der Waals surface area contributed by atoms with Gasteiger partial charge in [0, 0.05) is 0 Å². The second kappa shape index (κ2) is 4.88. The molecule has 2 aromatic heterocycles. The van der Waals surface area contributed by atoms with Crippen molar-refractivity contribution in [2.45, 2.75) is 13.0 Å². The molecule has 0 bridgehead atoms. The van der Waals surface area contributed by atoms with Gasteiger partial charge in [-0.05, 0) is 36.8 Å². The molecule has 1 unspecified atom stereocenters. The summed E-state index contributed by atoms with van der Waals surface area (Å²) in [6.07, 6.45) is 1.26. The molecule has 0 saturated heterocycles. The second-order valence-electron chi connectivity index (χ2n) is 4.50. The second-order valence-corrected chi connectivity index (χ2v) is 4.50. The predicted molar refractivity (Wildman–Crippen MR) is 71.4 cm³/mol. The van der Waals surface area contributed by atoms with E-state index in [1.54, 1.807) is 18.2 Å². The summed E-state index contributed by atoms with van der Waals surface area (Å²) in [5.74, 6) is -0.254. The van der Waals surface area contributed by atoms with E-state index in [1.165, 1.54) is 28.9 Å². The first kappa shape index (κ1) is 12.5. The lowest BCUT2D eigenvalue weighted by atomic mass is 10.1. The summed E-state index contributed by atoms with van der Waals surface area (Å²) in [6, 6.07) is 9.00. The summed E-state index contributed by atoms with van der Waals surface area (Å²) < 4.78 is 27.3. The van der Waals surface area contributed by atoms with Gasteiger partial charge in [-0.2, -0.15) is 4.98 Å². The van der Waals surface area contributed by atoms with Gasteiger partial charge in [-0.25, -0.2) is 13.3 Å². The molecule has 0 amide bonds. The van der Waals surface area contributed by atoms with Crippen LogP contribution in [0.2, 0.25) is 0 Å². The topological polar surface area (TPSA) is 42.2 Å². The van der Waals surface area contributed by atoms with Crippen LogP contribution in [0.1, 0.15) is 18.5 Å². The highest BCUT2D eigenvalue weighted by Crippen LogP contribution is 2.17. The maximum atomic E-state index is 13.1. The summed E-state index contributed by atoms with van der Waals surface area (Å²) in [5, 5.41) is 7.24. The highest BCUT2D eigenvalue weighted by atomic mass is 19.1. The standard InChI is InChI=1S/C14H12F2N4/c1-9(10-2-4-11(15)5-3-10)17-14-18-13-7-6-12(16)8-20(13)19-14/h2-9H,1H3,(H,17,19). The van der Waals surface area contributed by atoms with E-state index < -0.39 is 0 Å². The molecule has 1 N–H and O–H groups in total. The van der Waals surface area contributed by atoms with E-state index in [1.807, 2.05) is 6.92 Å². The third kappa shape index (κ3) is 2.45. The highest BCUT2D eigenvalue weighted by molar-refractivity contribution is 5.44. The Bertz CT molecular complexity index is 737. The lowest BCUT2D eigenvalue weighted by molar-refractivity contribution is 0.614. The smallest absolute Gasteiger partial charge is 0.243 e. The molecule has 0 spiro atoms. The largest absolute Gasteiger partial charge is 0.346 e. The summed E-state index contributed by atoms with van der Waals surface area (Å²) in [7, 11) is 0. The van der Waals surface area contributed by atoms with E-state index in [4.69, 9.17) is 0 Å². The van der Waals surface area contributed by atoms with Crippen molar-refractivity contribution in [2.24, 2.45) is 0 Å². The fourth-order valence-corrected chi connectivity index (χ4v) is 1.95. The van der Waals surface area contributed by atoms with Crippen LogP contribution in [0.5, 0.6) is 0 Å². The SMILES string of the molecule is CC(Nc1nc2ccc(F)cn2n1)c1ccc(F)cc1. The summed E-state index contributed by atoms with van der Waals surface area (Å²) >= 11 is 0. The van der Waals surface area contributed by atoms with E-state index >= 15 is 0 Å². The number of nitrogens with one attached hydrogen (secondary N) is 1. The molecule has 4 nitrogen and oxygen atoms in total. The van der Waals surface area contributed by atoms with E-state index in [-0.39, 0.29) is 17.7 Å². The Kier molecular flexibility index (Phi) is 3.06. The fourth-order valence-electron chi connectivity index (χ4n) is 1.95. The fraction of sp³-hybridized carbons (Fsp3) is 0.143. The van der Waals surface area contributed by atoms with Crippen molar-refractivity contribution < 1.29 is 8.78 Å². The first-order valence-corrected chi connectivity index (χ1v) is 6.16. The lowest BCUT2D eigenvalue weighted by Gasteiger charge is -2.12. The van der Waals surface area contributed by atoms with Crippen molar-refractivity contribution in [3.63, 3.8) is 0 Å². The van der Waals surface area contributed by atoms with E-state index in [9.17, 15) is 8.78 Å². The number of rotatable bonds is 3. The molecule has 3 aromatic rings. The zero-order valence-corrected chi connectivity index (χ0v) is 10.7. The molecule has 0 fully saturated rings. The lowest BCUT2D eigenvalue weighted by Crippen LogP contribution is -2.08. The van der Waals surface area contributed by atoms with Crippen LogP contribution in [0.4, 0.5) is 14.7 Å². The van der Waals surface area contributed by atoms with Crippen molar-refractivity contribution in [1.29, 1.82) is 0 Å². The minimum atomic E-state index is -0.375. The molecule has 102 valence electrons. The van der Waals surface area contributed by atoms with Crippen molar-refractivity contribution in [1.82, 2.24) is 14.6 Å². The molecule has 0 aliphatic rings. The van der Waals surface area contributed by atoms with Gasteiger partial charge in [0.1, 0.15) is 11.6 Å². The van der Waals surface area contributed by atoms with Gasteiger partial charge >= 0.3 is 0 Å². The van der Waals surface area contributed by atoms with Crippen LogP contribution < -0.4 is 5.32 Å². The summed E-state index contributed by atoms with van der Waals surface area (Å²) in [4.78, 5) is 4.24. The molecule has 1 aromatic carbocycles. The van der Waals surface area contributed by atoms with Gasteiger partial charge in [0.05, 0.1) is 12.2 Å². The van der Waals surface area contributed by atoms with Crippen molar-refractivity contribution in [3.8, 4) is 0 Å². The number of hydrogen-bond donors (Lipinski definition) is 1. The predicted octanol–water partition coefficient (Wildman–Crippen LogP) is 3.18. The minimum absolute atomic E-state index is 0.0853. The van der Waals surface area contributed by atoms with Crippen LogP contribution in [0.3, 0.4) is 0 Å². The minimum Gasteiger partial charge on any atom is -0.346 e. The molecule has 0 radical (unpaired) electrons. The van der Waals surface area contributed by atoms with Gasteiger partial charge in [-0.3, -0.25) is 0 Å². The van der Waals surface area contributed by atoms with Crippen molar-refractivity contribution >= 4 is 11.6 Å². The Labute approximate surface area is 114 Å².